The highest BCUT2D eigenvalue weighted by Crippen LogP contribution is 2.15. The molecule has 2 heterocycles. The topological polar surface area (TPSA) is 90.2 Å². The van der Waals surface area contributed by atoms with Crippen molar-refractivity contribution in [2.45, 2.75) is 13.3 Å². The zero-order valence-electron chi connectivity index (χ0n) is 14.7. The predicted octanol–water partition coefficient (Wildman–Crippen LogP) is 1.35. The summed E-state index contributed by atoms with van der Waals surface area (Å²) in [5.41, 5.74) is 2.07. The summed E-state index contributed by atoms with van der Waals surface area (Å²) in [6, 6.07) is 13.3. The number of aryl methyl sites for hydroxylation is 2. The third kappa shape index (κ3) is 4.36. The van der Waals surface area contributed by atoms with Crippen molar-refractivity contribution >= 4 is 16.0 Å². The molecule has 1 aromatic heterocycles. The molecule has 3 rings (SSSR count). The number of benzene rings is 1. The van der Waals surface area contributed by atoms with Crippen LogP contribution in [0.2, 0.25) is 0 Å². The first kappa shape index (κ1) is 18.3. The molecule has 0 spiro atoms. The van der Waals surface area contributed by atoms with Gasteiger partial charge in [-0.1, -0.05) is 30.3 Å². The van der Waals surface area contributed by atoms with Gasteiger partial charge < -0.3 is 4.90 Å². The number of aromatic nitrogens is 2. The van der Waals surface area contributed by atoms with Gasteiger partial charge in [0.2, 0.25) is 16.0 Å². The number of sulfonamides is 1. The summed E-state index contributed by atoms with van der Waals surface area (Å²) < 4.78 is 26.7. The van der Waals surface area contributed by atoms with Crippen molar-refractivity contribution in [2.24, 2.45) is 0 Å². The van der Waals surface area contributed by atoms with Crippen LogP contribution in [0.3, 0.4) is 0 Å². The highest BCUT2D eigenvalue weighted by Gasteiger charge is 2.27. The minimum atomic E-state index is -3.29. The highest BCUT2D eigenvalue weighted by atomic mass is 32.2. The third-order valence-electron chi connectivity index (χ3n) is 4.36. The Morgan fingerprint density at radius 1 is 1.12 bits per heavy atom. The van der Waals surface area contributed by atoms with Gasteiger partial charge in [0, 0.05) is 31.9 Å². The van der Waals surface area contributed by atoms with Crippen LogP contribution in [0.15, 0.2) is 36.4 Å². The van der Waals surface area contributed by atoms with Crippen LogP contribution in [-0.2, 0) is 16.4 Å². The molecule has 136 valence electrons. The van der Waals surface area contributed by atoms with Crippen LogP contribution in [0, 0.1) is 18.3 Å². The summed E-state index contributed by atoms with van der Waals surface area (Å²) >= 11 is 0. The van der Waals surface area contributed by atoms with Gasteiger partial charge in [-0.15, -0.1) is 0 Å². The van der Waals surface area contributed by atoms with Crippen molar-refractivity contribution in [3.63, 3.8) is 0 Å². The summed E-state index contributed by atoms with van der Waals surface area (Å²) in [4.78, 5) is 10.5. The van der Waals surface area contributed by atoms with Crippen LogP contribution in [-0.4, -0.2) is 54.6 Å². The van der Waals surface area contributed by atoms with E-state index in [1.54, 1.807) is 6.07 Å². The van der Waals surface area contributed by atoms with E-state index in [4.69, 9.17) is 5.26 Å². The van der Waals surface area contributed by atoms with Crippen molar-refractivity contribution in [1.29, 1.82) is 5.26 Å². The fourth-order valence-corrected chi connectivity index (χ4v) is 4.41. The molecule has 7 nitrogen and oxygen atoms in total. The Labute approximate surface area is 154 Å². The number of anilines is 1. The van der Waals surface area contributed by atoms with Gasteiger partial charge in [0.15, 0.2) is 0 Å². The first-order chi connectivity index (χ1) is 12.5. The molecule has 1 aliphatic heterocycles. The maximum Gasteiger partial charge on any atom is 0.226 e. The molecule has 1 aromatic carbocycles. The summed E-state index contributed by atoms with van der Waals surface area (Å²) in [5, 5.41) is 9.04. The minimum Gasteiger partial charge on any atom is -0.338 e. The molecule has 1 fully saturated rings. The molecule has 0 aliphatic carbocycles. The number of hydrogen-bond acceptors (Lipinski definition) is 6. The maximum atomic E-state index is 12.6. The Morgan fingerprint density at radius 3 is 2.46 bits per heavy atom. The van der Waals surface area contributed by atoms with E-state index in [0.29, 0.717) is 44.2 Å². The molecule has 0 radical (unpaired) electrons. The van der Waals surface area contributed by atoms with Crippen LogP contribution < -0.4 is 4.90 Å². The minimum absolute atomic E-state index is 0.108. The monoisotopic (exact) mass is 371 g/mol. The lowest BCUT2D eigenvalue weighted by Crippen LogP contribution is -2.50. The lowest BCUT2D eigenvalue weighted by atomic mass is 10.2. The first-order valence-electron chi connectivity index (χ1n) is 8.50. The highest BCUT2D eigenvalue weighted by molar-refractivity contribution is 7.89. The predicted molar refractivity (Wildman–Crippen MR) is 99.2 cm³/mol. The van der Waals surface area contributed by atoms with E-state index in [9.17, 15) is 8.42 Å². The largest absolute Gasteiger partial charge is 0.338 e. The number of rotatable bonds is 5. The summed E-state index contributed by atoms with van der Waals surface area (Å²) in [6.07, 6.45) is 0.510. The van der Waals surface area contributed by atoms with E-state index in [-0.39, 0.29) is 5.75 Å². The molecule has 0 N–H and O–H groups in total. The van der Waals surface area contributed by atoms with E-state index in [2.05, 4.69) is 9.97 Å². The molecule has 0 bridgehead atoms. The second-order valence-electron chi connectivity index (χ2n) is 6.24. The van der Waals surface area contributed by atoms with Crippen LogP contribution in [0.5, 0.6) is 0 Å². The van der Waals surface area contributed by atoms with Crippen molar-refractivity contribution in [2.75, 3.05) is 36.8 Å². The van der Waals surface area contributed by atoms with E-state index >= 15 is 0 Å². The standard InChI is InChI=1S/C18H21N5O2S/c1-15-13-17(14-19)21-18(20-15)22-8-10-23(11-9-22)26(24,25)12-7-16-5-3-2-4-6-16/h2-6,13H,7-12H2,1H3. The lowest BCUT2D eigenvalue weighted by Gasteiger charge is -2.34. The molecular formula is C18H21N5O2S. The van der Waals surface area contributed by atoms with Gasteiger partial charge in [-0.2, -0.15) is 9.57 Å². The molecule has 1 aliphatic rings. The van der Waals surface area contributed by atoms with Crippen molar-refractivity contribution in [1.82, 2.24) is 14.3 Å². The Bertz CT molecular complexity index is 901. The number of nitriles is 1. The summed E-state index contributed by atoms with van der Waals surface area (Å²) in [6.45, 7) is 3.64. The lowest BCUT2D eigenvalue weighted by molar-refractivity contribution is 0.382. The van der Waals surface area contributed by atoms with Crippen LogP contribution >= 0.6 is 0 Å². The van der Waals surface area contributed by atoms with Gasteiger partial charge in [0.1, 0.15) is 11.8 Å². The fraction of sp³-hybridized carbons (Fsp3) is 0.389. The van der Waals surface area contributed by atoms with E-state index in [1.165, 1.54) is 4.31 Å². The molecule has 0 amide bonds. The molecule has 2 aromatic rings. The van der Waals surface area contributed by atoms with Gasteiger partial charge >= 0.3 is 0 Å². The van der Waals surface area contributed by atoms with Gasteiger partial charge in [-0.3, -0.25) is 0 Å². The molecule has 0 saturated carbocycles. The zero-order valence-corrected chi connectivity index (χ0v) is 15.5. The quantitative estimate of drug-likeness (QED) is 0.788. The molecule has 1 saturated heterocycles. The molecule has 8 heteroatoms. The first-order valence-corrected chi connectivity index (χ1v) is 10.1. The second-order valence-corrected chi connectivity index (χ2v) is 8.33. The van der Waals surface area contributed by atoms with Gasteiger partial charge in [-0.25, -0.2) is 18.4 Å². The smallest absolute Gasteiger partial charge is 0.226 e. The van der Waals surface area contributed by atoms with Gasteiger partial charge in [-0.05, 0) is 25.0 Å². The van der Waals surface area contributed by atoms with Crippen LogP contribution in [0.1, 0.15) is 17.0 Å². The van der Waals surface area contributed by atoms with Crippen molar-refractivity contribution in [3.05, 3.63) is 53.3 Å². The summed E-state index contributed by atoms with van der Waals surface area (Å²) in [7, 11) is -3.29. The van der Waals surface area contributed by atoms with Crippen molar-refractivity contribution < 1.29 is 8.42 Å². The Kier molecular flexibility index (Phi) is 5.49. The normalized spacial score (nSPS) is 15.6. The van der Waals surface area contributed by atoms with Gasteiger partial charge in [0.05, 0.1) is 5.75 Å². The Hall–Kier alpha value is -2.50. The maximum absolute atomic E-state index is 12.6. The van der Waals surface area contributed by atoms with Crippen LogP contribution in [0.4, 0.5) is 5.95 Å². The number of piperazine rings is 1. The zero-order chi connectivity index (χ0) is 18.6. The average molecular weight is 371 g/mol. The van der Waals surface area contributed by atoms with E-state index < -0.39 is 10.0 Å². The van der Waals surface area contributed by atoms with Crippen molar-refractivity contribution in [3.8, 4) is 6.07 Å². The van der Waals surface area contributed by atoms with Crippen LogP contribution in [0.25, 0.3) is 0 Å². The van der Waals surface area contributed by atoms with E-state index in [1.807, 2.05) is 48.2 Å². The summed E-state index contributed by atoms with van der Waals surface area (Å²) in [5.74, 6) is 0.596. The molecule has 0 atom stereocenters. The van der Waals surface area contributed by atoms with Gasteiger partial charge in [0.25, 0.3) is 0 Å². The third-order valence-corrected chi connectivity index (χ3v) is 6.24. The SMILES string of the molecule is Cc1cc(C#N)nc(N2CCN(S(=O)(=O)CCc3ccccc3)CC2)n1. The Balaban J connectivity index is 1.61. The van der Waals surface area contributed by atoms with E-state index in [0.717, 1.165) is 11.3 Å². The Morgan fingerprint density at radius 2 is 1.81 bits per heavy atom. The average Bonchev–Trinajstić information content (AvgIpc) is 2.67. The number of nitrogens with zero attached hydrogens (tertiary/aromatic N) is 5. The number of hydrogen-bond donors (Lipinski definition) is 0. The second kappa shape index (κ2) is 7.81. The molecular weight excluding hydrogens is 350 g/mol. The molecule has 26 heavy (non-hydrogen) atoms. The fourth-order valence-electron chi connectivity index (χ4n) is 2.94. The molecule has 0 unspecified atom stereocenters.